The molecule has 0 unspecified atom stereocenters. The summed E-state index contributed by atoms with van der Waals surface area (Å²) in [6.45, 7) is 4.25. The molecule has 0 aliphatic rings. The molecule has 0 spiro atoms. The first-order valence-electron chi connectivity index (χ1n) is 12.6. The number of carbonyl (C=O) groups is 2. The summed E-state index contributed by atoms with van der Waals surface area (Å²) in [7, 11) is -3.91. The molecule has 11 heteroatoms. The summed E-state index contributed by atoms with van der Waals surface area (Å²) in [5.41, 5.74) is -0.0919. The number of benzene rings is 2. The van der Waals surface area contributed by atoms with E-state index in [2.05, 4.69) is 5.32 Å². The highest BCUT2D eigenvalue weighted by atomic mass is 32.2. The summed E-state index contributed by atoms with van der Waals surface area (Å²) in [4.78, 5) is 27.4. The highest BCUT2D eigenvalue weighted by molar-refractivity contribution is 7.92. The average molecular weight is 556 g/mol. The van der Waals surface area contributed by atoms with Gasteiger partial charge < -0.3 is 10.2 Å². The van der Waals surface area contributed by atoms with E-state index in [-0.39, 0.29) is 43.4 Å². The monoisotopic (exact) mass is 555 g/mol. The number of nitrogens with zero attached hydrogens (tertiary/aromatic N) is 2. The molecule has 210 valence electrons. The molecule has 1 atom stereocenters. The van der Waals surface area contributed by atoms with Gasteiger partial charge in [0.15, 0.2) is 0 Å². The van der Waals surface area contributed by atoms with E-state index < -0.39 is 27.8 Å². The second-order valence-corrected chi connectivity index (χ2v) is 11.0. The molecular weight excluding hydrogens is 519 g/mol. The number of carbonyl (C=O) groups excluding carboxylic acids is 2. The molecule has 7 nitrogen and oxygen atoms in total. The average Bonchev–Trinajstić information content (AvgIpc) is 2.86. The van der Waals surface area contributed by atoms with Crippen LogP contribution in [0.1, 0.15) is 50.7 Å². The molecule has 2 aromatic carbocycles. The molecule has 2 amide bonds. The second kappa shape index (κ2) is 14.2. The molecule has 0 radical (unpaired) electrons. The summed E-state index contributed by atoms with van der Waals surface area (Å²) >= 11 is 0. The van der Waals surface area contributed by atoms with Crippen molar-refractivity contribution >= 4 is 27.5 Å². The lowest BCUT2D eigenvalue weighted by molar-refractivity contribution is -0.140. The van der Waals surface area contributed by atoms with Crippen molar-refractivity contribution in [2.45, 2.75) is 58.2 Å². The predicted molar refractivity (Wildman–Crippen MR) is 142 cm³/mol. The molecule has 1 N–H and O–H groups in total. The number of hydrogen-bond donors (Lipinski definition) is 1. The van der Waals surface area contributed by atoms with Crippen LogP contribution in [0, 0.1) is 0 Å². The first-order valence-corrected chi connectivity index (χ1v) is 14.5. The quantitative estimate of drug-likeness (QED) is 0.345. The van der Waals surface area contributed by atoms with Crippen LogP contribution in [0.3, 0.4) is 0 Å². The lowest BCUT2D eigenvalue weighted by Gasteiger charge is -2.29. The standard InChI is InChI=1S/C27H36F3N3O4S/c1-4-5-17-31-26(35)21(2)32(19-16-22-11-7-6-8-12-22)25(34)15-10-18-33(38(3,36)37)24-14-9-13-23(20-24)27(28,29)30/h6-9,11-14,20-21H,4-5,10,15-19H2,1-3H3,(H,31,35)/t21-/m1/s1. The summed E-state index contributed by atoms with van der Waals surface area (Å²) in [6, 6.07) is 12.8. The third kappa shape index (κ3) is 9.66. The highest BCUT2D eigenvalue weighted by Crippen LogP contribution is 2.32. The number of hydrogen-bond acceptors (Lipinski definition) is 4. The minimum absolute atomic E-state index is 0.0637. The Morgan fingerprint density at radius 2 is 1.68 bits per heavy atom. The Morgan fingerprint density at radius 3 is 2.29 bits per heavy atom. The largest absolute Gasteiger partial charge is 0.416 e. The molecule has 0 saturated carbocycles. The SMILES string of the molecule is CCCCNC(=O)[C@@H](C)N(CCc1ccccc1)C(=O)CCCN(c1cccc(C(F)(F)F)c1)S(C)(=O)=O. The van der Waals surface area contributed by atoms with Crippen molar-refractivity contribution in [3.63, 3.8) is 0 Å². The van der Waals surface area contributed by atoms with E-state index in [1.807, 2.05) is 37.3 Å². The van der Waals surface area contributed by atoms with Crippen molar-refractivity contribution in [3.05, 3.63) is 65.7 Å². The molecule has 2 rings (SSSR count). The van der Waals surface area contributed by atoms with Gasteiger partial charge in [0.2, 0.25) is 21.8 Å². The van der Waals surface area contributed by atoms with E-state index >= 15 is 0 Å². The number of anilines is 1. The molecule has 0 heterocycles. The lowest BCUT2D eigenvalue weighted by atomic mass is 10.1. The summed E-state index contributed by atoms with van der Waals surface area (Å²) in [5, 5.41) is 2.84. The molecule has 0 fully saturated rings. The Labute approximate surface area is 223 Å². The highest BCUT2D eigenvalue weighted by Gasteiger charge is 2.32. The number of unbranched alkanes of at least 4 members (excludes halogenated alkanes) is 1. The second-order valence-electron chi connectivity index (χ2n) is 9.13. The number of rotatable bonds is 14. The first kappa shape index (κ1) is 31.1. The van der Waals surface area contributed by atoms with Crippen molar-refractivity contribution in [3.8, 4) is 0 Å². The Hall–Kier alpha value is -3.08. The van der Waals surface area contributed by atoms with Crippen molar-refractivity contribution < 1.29 is 31.2 Å². The first-order chi connectivity index (χ1) is 17.8. The van der Waals surface area contributed by atoms with Gasteiger partial charge >= 0.3 is 6.18 Å². The number of amides is 2. The van der Waals surface area contributed by atoms with Crippen LogP contribution in [-0.4, -0.2) is 57.1 Å². The van der Waals surface area contributed by atoms with Gasteiger partial charge in [0.05, 0.1) is 17.5 Å². The van der Waals surface area contributed by atoms with Gasteiger partial charge in [-0.05, 0) is 49.9 Å². The maximum Gasteiger partial charge on any atom is 0.416 e. The van der Waals surface area contributed by atoms with Crippen LogP contribution in [0.2, 0.25) is 0 Å². The van der Waals surface area contributed by atoms with Gasteiger partial charge in [0, 0.05) is 26.1 Å². The zero-order valence-electron chi connectivity index (χ0n) is 22.0. The van der Waals surface area contributed by atoms with Gasteiger partial charge in [-0.3, -0.25) is 13.9 Å². The van der Waals surface area contributed by atoms with Gasteiger partial charge in [-0.25, -0.2) is 8.42 Å². The Bertz CT molecular complexity index is 1160. The lowest BCUT2D eigenvalue weighted by Crippen LogP contribution is -2.49. The van der Waals surface area contributed by atoms with E-state index in [9.17, 15) is 31.2 Å². The minimum Gasteiger partial charge on any atom is -0.354 e. The Morgan fingerprint density at radius 1 is 1.00 bits per heavy atom. The Balaban J connectivity index is 2.14. The zero-order valence-corrected chi connectivity index (χ0v) is 22.8. The maximum atomic E-state index is 13.2. The molecule has 2 aromatic rings. The molecule has 0 saturated heterocycles. The van der Waals surface area contributed by atoms with E-state index in [0.29, 0.717) is 13.0 Å². The van der Waals surface area contributed by atoms with E-state index in [4.69, 9.17) is 0 Å². The van der Waals surface area contributed by atoms with Crippen LogP contribution in [0.5, 0.6) is 0 Å². The summed E-state index contributed by atoms with van der Waals surface area (Å²) in [5.74, 6) is -0.613. The van der Waals surface area contributed by atoms with E-state index in [1.54, 1.807) is 6.92 Å². The zero-order chi connectivity index (χ0) is 28.3. The van der Waals surface area contributed by atoms with Gasteiger partial charge in [-0.15, -0.1) is 0 Å². The summed E-state index contributed by atoms with van der Waals surface area (Å²) in [6.07, 6.45) is -1.48. The summed E-state index contributed by atoms with van der Waals surface area (Å²) < 4.78 is 65.1. The fraction of sp³-hybridized carbons (Fsp3) is 0.481. The van der Waals surface area contributed by atoms with Crippen LogP contribution in [-0.2, 0) is 32.2 Å². The molecular formula is C27H36F3N3O4S. The number of nitrogens with one attached hydrogen (secondary N) is 1. The van der Waals surface area contributed by atoms with Crippen molar-refractivity contribution in [1.82, 2.24) is 10.2 Å². The van der Waals surface area contributed by atoms with Gasteiger partial charge in [-0.1, -0.05) is 49.7 Å². The fourth-order valence-electron chi connectivity index (χ4n) is 3.95. The third-order valence-electron chi connectivity index (χ3n) is 6.09. The normalized spacial score (nSPS) is 12.6. The van der Waals surface area contributed by atoms with Gasteiger partial charge in [-0.2, -0.15) is 13.2 Å². The smallest absolute Gasteiger partial charge is 0.354 e. The van der Waals surface area contributed by atoms with E-state index in [0.717, 1.165) is 47.2 Å². The third-order valence-corrected chi connectivity index (χ3v) is 7.29. The van der Waals surface area contributed by atoms with Crippen LogP contribution < -0.4 is 9.62 Å². The van der Waals surface area contributed by atoms with Crippen molar-refractivity contribution in [2.75, 3.05) is 30.2 Å². The number of sulfonamides is 1. The number of alkyl halides is 3. The van der Waals surface area contributed by atoms with Crippen molar-refractivity contribution in [1.29, 1.82) is 0 Å². The van der Waals surface area contributed by atoms with Crippen LogP contribution in [0.15, 0.2) is 54.6 Å². The van der Waals surface area contributed by atoms with Crippen LogP contribution in [0.25, 0.3) is 0 Å². The molecule has 0 aromatic heterocycles. The molecule has 0 aliphatic carbocycles. The fourth-order valence-corrected chi connectivity index (χ4v) is 4.90. The topological polar surface area (TPSA) is 86.8 Å². The van der Waals surface area contributed by atoms with Crippen LogP contribution >= 0.6 is 0 Å². The predicted octanol–water partition coefficient (Wildman–Crippen LogP) is 4.63. The number of halogens is 3. The van der Waals surface area contributed by atoms with E-state index in [1.165, 1.54) is 11.0 Å². The molecule has 38 heavy (non-hydrogen) atoms. The van der Waals surface area contributed by atoms with Gasteiger partial charge in [0.25, 0.3) is 0 Å². The Kier molecular flexibility index (Phi) is 11.6. The van der Waals surface area contributed by atoms with Crippen molar-refractivity contribution in [2.24, 2.45) is 0 Å². The maximum absolute atomic E-state index is 13.2. The molecule has 0 bridgehead atoms. The minimum atomic E-state index is -4.62. The van der Waals surface area contributed by atoms with Gasteiger partial charge in [0.1, 0.15) is 6.04 Å². The molecule has 0 aliphatic heterocycles. The van der Waals surface area contributed by atoms with Crippen LogP contribution in [0.4, 0.5) is 18.9 Å².